The van der Waals surface area contributed by atoms with Gasteiger partial charge in [-0.15, -0.1) is 0 Å². The van der Waals surface area contributed by atoms with E-state index >= 15 is 0 Å². The molecule has 294 valence electrons. The van der Waals surface area contributed by atoms with Crippen LogP contribution in [0.3, 0.4) is 0 Å². The van der Waals surface area contributed by atoms with E-state index in [0.29, 0.717) is 117 Å². The second kappa shape index (κ2) is 16.0. The standard InChI is InChI=1S/C46H64F2N4O2/c1-32(2)35-16-15-34-37-18-17-36(33(3)14-19-43(53)51-28-24-49(25-29-51)41-12-8-6-10-39(41)47)46(37,5)22-20-38(34)45(35,4)23-21-44(54)52-30-26-50(27-31-52)42-13-9-7-11-40(42)48/h6-13,33-38H,1,14-31H2,2-5H3/t33-,34+,35?,36-,37+,38+,45+,46-/m1/s1. The molecule has 0 radical (unpaired) electrons. The molecule has 0 spiro atoms. The van der Waals surface area contributed by atoms with Crippen molar-refractivity contribution in [2.75, 3.05) is 62.2 Å². The molecule has 7 rings (SSSR count). The maximum atomic E-state index is 14.4. The summed E-state index contributed by atoms with van der Waals surface area (Å²) in [6, 6.07) is 13.9. The minimum Gasteiger partial charge on any atom is -0.366 e. The molecule has 6 nitrogen and oxygen atoms in total. The van der Waals surface area contributed by atoms with Gasteiger partial charge in [-0.1, -0.05) is 57.2 Å². The summed E-state index contributed by atoms with van der Waals surface area (Å²) < 4.78 is 28.8. The van der Waals surface area contributed by atoms with Gasteiger partial charge in [-0.05, 0) is 129 Å². The van der Waals surface area contributed by atoms with Crippen LogP contribution in [-0.2, 0) is 9.59 Å². The van der Waals surface area contributed by atoms with Gasteiger partial charge >= 0.3 is 0 Å². The molecular formula is C46H64F2N4O2. The zero-order valence-electron chi connectivity index (χ0n) is 33.4. The normalized spacial score (nSPS) is 31.9. The monoisotopic (exact) mass is 742 g/mol. The third-order valence-electron chi connectivity index (χ3n) is 15.6. The van der Waals surface area contributed by atoms with Crippen molar-refractivity contribution in [2.24, 2.45) is 46.3 Å². The fourth-order valence-electron chi connectivity index (χ4n) is 12.7. The van der Waals surface area contributed by atoms with Gasteiger partial charge < -0.3 is 19.6 Å². The average molecular weight is 743 g/mol. The van der Waals surface area contributed by atoms with Crippen molar-refractivity contribution in [3.8, 4) is 0 Å². The van der Waals surface area contributed by atoms with E-state index in [0.717, 1.165) is 19.3 Å². The van der Waals surface area contributed by atoms with Crippen LogP contribution in [0.1, 0.15) is 91.9 Å². The van der Waals surface area contributed by atoms with Crippen LogP contribution in [0.2, 0.25) is 0 Å². The molecule has 2 amide bonds. The van der Waals surface area contributed by atoms with Crippen molar-refractivity contribution in [3.63, 3.8) is 0 Å². The summed E-state index contributed by atoms with van der Waals surface area (Å²) in [7, 11) is 0. The van der Waals surface area contributed by atoms with Crippen LogP contribution in [0.15, 0.2) is 60.7 Å². The number of anilines is 2. The fourth-order valence-corrected chi connectivity index (χ4v) is 12.7. The van der Waals surface area contributed by atoms with Crippen LogP contribution in [-0.4, -0.2) is 74.0 Å². The van der Waals surface area contributed by atoms with E-state index in [9.17, 15) is 18.4 Å². The molecule has 2 saturated heterocycles. The Morgan fingerprint density at radius 1 is 0.741 bits per heavy atom. The number of nitrogens with zero attached hydrogens (tertiary/aromatic N) is 4. The van der Waals surface area contributed by atoms with Gasteiger partial charge in [-0.2, -0.15) is 0 Å². The van der Waals surface area contributed by atoms with E-state index in [1.165, 1.54) is 49.8 Å². The Labute approximate surface area is 323 Å². The van der Waals surface area contributed by atoms with Crippen molar-refractivity contribution in [1.29, 1.82) is 0 Å². The lowest BCUT2D eigenvalue weighted by molar-refractivity contribution is -0.134. The molecule has 0 N–H and O–H groups in total. The van der Waals surface area contributed by atoms with Gasteiger partial charge in [0.1, 0.15) is 11.6 Å². The summed E-state index contributed by atoms with van der Waals surface area (Å²) >= 11 is 0. The highest BCUT2D eigenvalue weighted by Crippen LogP contribution is 2.68. The third-order valence-corrected chi connectivity index (χ3v) is 15.6. The van der Waals surface area contributed by atoms with Gasteiger partial charge in [0.15, 0.2) is 0 Å². The van der Waals surface area contributed by atoms with Crippen LogP contribution in [0.25, 0.3) is 0 Å². The number of halogens is 2. The van der Waals surface area contributed by atoms with Crippen LogP contribution in [0.5, 0.6) is 0 Å². The second-order valence-corrected chi connectivity index (χ2v) is 18.2. The number of carbonyl (C=O) groups excluding carboxylic acids is 2. The number of carbonyl (C=O) groups is 2. The Hall–Kier alpha value is -3.42. The number of allylic oxidation sites excluding steroid dienone is 1. The summed E-state index contributed by atoms with van der Waals surface area (Å²) in [6.45, 7) is 19.4. The highest BCUT2D eigenvalue weighted by molar-refractivity contribution is 5.77. The molecule has 2 aromatic rings. The lowest BCUT2D eigenvalue weighted by atomic mass is 9.45. The predicted molar refractivity (Wildman–Crippen MR) is 214 cm³/mol. The molecule has 5 aliphatic rings. The molecule has 8 heteroatoms. The molecule has 0 bridgehead atoms. The number of hydrogen-bond acceptors (Lipinski definition) is 4. The maximum absolute atomic E-state index is 14.4. The van der Waals surface area contributed by atoms with Gasteiger partial charge in [0.05, 0.1) is 11.4 Å². The van der Waals surface area contributed by atoms with Crippen LogP contribution in [0.4, 0.5) is 20.2 Å². The Kier molecular flexibility index (Phi) is 11.5. The van der Waals surface area contributed by atoms with E-state index in [2.05, 4.69) is 44.1 Å². The summed E-state index contributed by atoms with van der Waals surface area (Å²) in [5, 5.41) is 0. The Balaban J connectivity index is 0.936. The summed E-state index contributed by atoms with van der Waals surface area (Å²) in [4.78, 5) is 35.3. The molecule has 8 atom stereocenters. The number of amides is 2. The molecule has 2 aromatic carbocycles. The van der Waals surface area contributed by atoms with E-state index in [1.54, 1.807) is 12.1 Å². The first-order valence-electron chi connectivity index (χ1n) is 21.1. The molecule has 5 fully saturated rings. The van der Waals surface area contributed by atoms with E-state index in [4.69, 9.17) is 0 Å². The second-order valence-electron chi connectivity index (χ2n) is 18.2. The van der Waals surface area contributed by atoms with E-state index in [-0.39, 0.29) is 28.9 Å². The summed E-state index contributed by atoms with van der Waals surface area (Å²) in [6.07, 6.45) is 10.4. The lowest BCUT2D eigenvalue weighted by Gasteiger charge is -2.60. The van der Waals surface area contributed by atoms with Crippen LogP contribution in [0, 0.1) is 58.0 Å². The average Bonchev–Trinajstić information content (AvgIpc) is 3.54. The van der Waals surface area contributed by atoms with E-state index < -0.39 is 0 Å². The minimum absolute atomic E-state index is 0.0488. The quantitative estimate of drug-likeness (QED) is 0.228. The molecule has 3 saturated carbocycles. The van der Waals surface area contributed by atoms with Crippen molar-refractivity contribution in [1.82, 2.24) is 9.80 Å². The van der Waals surface area contributed by atoms with Gasteiger partial charge in [0.25, 0.3) is 0 Å². The van der Waals surface area contributed by atoms with Crippen LogP contribution >= 0.6 is 0 Å². The largest absolute Gasteiger partial charge is 0.366 e. The van der Waals surface area contributed by atoms with Gasteiger partial charge in [0.2, 0.25) is 11.8 Å². The Morgan fingerprint density at radius 2 is 1.28 bits per heavy atom. The number of benzene rings is 2. The SMILES string of the molecule is C=C(C)C1CC[C@H]2[C@@H]3CC[C@H]([C@H](C)CCC(=O)N4CCN(c5ccccc5F)CC4)[C@@]3(C)CC[C@@H]2[C@@]1(C)CCC(=O)N1CCN(c2ccccc2F)CC1. The van der Waals surface area contributed by atoms with Crippen molar-refractivity contribution >= 4 is 23.2 Å². The molecule has 0 aromatic heterocycles. The zero-order valence-corrected chi connectivity index (χ0v) is 33.4. The molecule has 3 aliphatic carbocycles. The molecule has 1 unspecified atom stereocenters. The van der Waals surface area contributed by atoms with Crippen molar-refractivity contribution < 1.29 is 18.4 Å². The van der Waals surface area contributed by atoms with Gasteiger partial charge in [-0.25, -0.2) is 8.78 Å². The van der Waals surface area contributed by atoms with Crippen molar-refractivity contribution in [3.05, 3.63) is 72.3 Å². The lowest BCUT2D eigenvalue weighted by Crippen LogP contribution is -2.53. The van der Waals surface area contributed by atoms with Crippen molar-refractivity contribution in [2.45, 2.75) is 91.9 Å². The number of piperazine rings is 2. The number of fused-ring (bicyclic) bond motifs is 3. The van der Waals surface area contributed by atoms with Gasteiger partial charge in [-0.3, -0.25) is 9.59 Å². The zero-order chi connectivity index (χ0) is 38.2. The highest BCUT2D eigenvalue weighted by atomic mass is 19.1. The maximum Gasteiger partial charge on any atom is 0.222 e. The number of para-hydroxylation sites is 2. The highest BCUT2D eigenvalue weighted by Gasteiger charge is 2.60. The van der Waals surface area contributed by atoms with Crippen LogP contribution < -0.4 is 9.80 Å². The molecule has 2 heterocycles. The predicted octanol–water partition coefficient (Wildman–Crippen LogP) is 9.21. The smallest absolute Gasteiger partial charge is 0.222 e. The first-order chi connectivity index (χ1) is 25.9. The summed E-state index contributed by atoms with van der Waals surface area (Å²) in [5.41, 5.74) is 2.87. The van der Waals surface area contributed by atoms with E-state index in [1.807, 2.05) is 34.1 Å². The fraction of sp³-hybridized carbons (Fsp3) is 0.652. The Morgan fingerprint density at radius 3 is 1.81 bits per heavy atom. The summed E-state index contributed by atoms with van der Waals surface area (Å²) in [5.74, 6) is 3.61. The topological polar surface area (TPSA) is 47.1 Å². The first-order valence-corrected chi connectivity index (χ1v) is 21.1. The van der Waals surface area contributed by atoms with Gasteiger partial charge in [0, 0.05) is 65.2 Å². The minimum atomic E-state index is -0.200. The third kappa shape index (κ3) is 7.44. The number of rotatable bonds is 10. The Bertz CT molecular complexity index is 1670. The molecular weight excluding hydrogens is 679 g/mol. The molecule has 2 aliphatic heterocycles. The molecule has 54 heavy (non-hydrogen) atoms. The first kappa shape index (κ1) is 38.8. The number of hydrogen-bond donors (Lipinski definition) is 0.